The lowest BCUT2D eigenvalue weighted by Gasteiger charge is -2.17. The van der Waals surface area contributed by atoms with E-state index in [0.717, 1.165) is 0 Å². The molecule has 0 aromatic heterocycles. The molecule has 1 rings (SSSR count). The van der Waals surface area contributed by atoms with Crippen LogP contribution in [0.1, 0.15) is 11.6 Å². The average Bonchev–Trinajstić information content (AvgIpc) is 2.15. The number of halogens is 4. The van der Waals surface area contributed by atoms with Gasteiger partial charge >= 0.3 is 6.18 Å². The number of nitrogens with two attached hydrogens (primary N) is 1. The Morgan fingerprint density at radius 1 is 1.40 bits per heavy atom. The summed E-state index contributed by atoms with van der Waals surface area (Å²) in [6, 6.07) is 1.81. The van der Waals surface area contributed by atoms with E-state index in [9.17, 15) is 13.2 Å². The number of rotatable bonds is 2. The van der Waals surface area contributed by atoms with E-state index < -0.39 is 12.2 Å². The second kappa shape index (κ2) is 4.28. The number of hydrogen-bond acceptors (Lipinski definition) is 2. The molecule has 1 atom stereocenters. The molecule has 15 heavy (non-hydrogen) atoms. The minimum Gasteiger partial charge on any atom is -0.497 e. The fourth-order valence-corrected chi connectivity index (χ4v) is 1.35. The zero-order chi connectivity index (χ0) is 11.6. The summed E-state index contributed by atoms with van der Waals surface area (Å²) in [4.78, 5) is 0. The largest absolute Gasteiger partial charge is 0.497 e. The van der Waals surface area contributed by atoms with E-state index >= 15 is 0 Å². The van der Waals surface area contributed by atoms with Gasteiger partial charge in [0.1, 0.15) is 11.8 Å². The molecule has 0 aliphatic rings. The first kappa shape index (κ1) is 12.1. The molecule has 2 nitrogen and oxygen atoms in total. The molecule has 0 heterocycles. The van der Waals surface area contributed by atoms with Crippen LogP contribution in [0, 0.1) is 0 Å². The van der Waals surface area contributed by atoms with E-state index in [-0.39, 0.29) is 10.6 Å². The molecule has 0 aliphatic carbocycles. The fraction of sp³-hybridized carbons (Fsp3) is 0.333. The molecular weight excluding hydrogens is 231 g/mol. The maximum absolute atomic E-state index is 12.3. The Balaban J connectivity index is 3.06. The van der Waals surface area contributed by atoms with Crippen LogP contribution in [0.5, 0.6) is 5.75 Å². The fourth-order valence-electron chi connectivity index (χ4n) is 1.06. The van der Waals surface area contributed by atoms with E-state index in [1.54, 1.807) is 0 Å². The van der Waals surface area contributed by atoms with Gasteiger partial charge in [0.05, 0.1) is 7.11 Å². The molecule has 0 spiro atoms. The lowest BCUT2D eigenvalue weighted by molar-refractivity contribution is -0.149. The van der Waals surface area contributed by atoms with Gasteiger partial charge in [-0.25, -0.2) is 0 Å². The van der Waals surface area contributed by atoms with Crippen LogP contribution >= 0.6 is 11.6 Å². The third-order valence-corrected chi connectivity index (χ3v) is 2.22. The molecule has 0 saturated heterocycles. The maximum atomic E-state index is 12.3. The molecule has 84 valence electrons. The van der Waals surface area contributed by atoms with Crippen LogP contribution < -0.4 is 10.5 Å². The number of alkyl halides is 3. The molecule has 0 aliphatic heterocycles. The highest BCUT2D eigenvalue weighted by Crippen LogP contribution is 2.35. The molecule has 2 N–H and O–H groups in total. The van der Waals surface area contributed by atoms with Crippen LogP contribution in [-0.2, 0) is 0 Å². The molecule has 1 aromatic carbocycles. The van der Waals surface area contributed by atoms with Crippen molar-refractivity contribution < 1.29 is 17.9 Å². The van der Waals surface area contributed by atoms with Gasteiger partial charge < -0.3 is 10.5 Å². The summed E-state index contributed by atoms with van der Waals surface area (Å²) in [6.45, 7) is 0. The molecule has 0 fully saturated rings. The number of ether oxygens (including phenoxy) is 1. The Labute approximate surface area is 89.8 Å². The van der Waals surface area contributed by atoms with Gasteiger partial charge in [-0.3, -0.25) is 0 Å². The first-order chi connectivity index (χ1) is 6.86. The van der Waals surface area contributed by atoms with E-state index in [0.29, 0.717) is 5.75 Å². The molecule has 0 saturated carbocycles. The molecule has 0 bridgehead atoms. The van der Waals surface area contributed by atoms with Gasteiger partial charge in [-0.1, -0.05) is 17.7 Å². The van der Waals surface area contributed by atoms with Gasteiger partial charge in [0.15, 0.2) is 0 Å². The summed E-state index contributed by atoms with van der Waals surface area (Å²) in [5, 5.41) is -0.0563. The minimum absolute atomic E-state index is 0.0563. The molecular formula is C9H9ClF3NO. The van der Waals surface area contributed by atoms with Crippen LogP contribution in [0.15, 0.2) is 18.2 Å². The standard InChI is InChI=1S/C9H9ClF3NO/c1-15-5-2-3-6(7(10)4-5)8(14)9(11,12)13/h2-4,8H,14H2,1H3. The summed E-state index contributed by atoms with van der Waals surface area (Å²) >= 11 is 5.65. The van der Waals surface area contributed by atoms with Gasteiger partial charge in [-0.05, 0) is 17.7 Å². The zero-order valence-corrected chi connectivity index (χ0v) is 8.56. The number of methoxy groups -OCH3 is 1. The molecule has 6 heteroatoms. The summed E-state index contributed by atoms with van der Waals surface area (Å²) in [5.74, 6) is 0.387. The molecule has 0 amide bonds. The SMILES string of the molecule is COc1ccc(C(N)C(F)(F)F)c(Cl)c1. The van der Waals surface area contributed by atoms with Crippen molar-refractivity contribution in [1.82, 2.24) is 0 Å². The molecule has 0 radical (unpaired) electrons. The Bertz CT molecular complexity index is 354. The first-order valence-corrected chi connectivity index (χ1v) is 4.39. The second-order valence-corrected chi connectivity index (χ2v) is 3.31. The Kier molecular flexibility index (Phi) is 3.46. The smallest absolute Gasteiger partial charge is 0.407 e. The summed E-state index contributed by atoms with van der Waals surface area (Å²) < 4.78 is 41.7. The summed E-state index contributed by atoms with van der Waals surface area (Å²) in [5.41, 5.74) is 4.85. The summed E-state index contributed by atoms with van der Waals surface area (Å²) in [7, 11) is 1.40. The van der Waals surface area contributed by atoms with Gasteiger partial charge in [0.25, 0.3) is 0 Å². The van der Waals surface area contributed by atoms with Crippen molar-refractivity contribution in [3.63, 3.8) is 0 Å². The maximum Gasteiger partial charge on any atom is 0.407 e. The quantitative estimate of drug-likeness (QED) is 0.861. The van der Waals surface area contributed by atoms with Crippen molar-refractivity contribution in [2.45, 2.75) is 12.2 Å². The van der Waals surface area contributed by atoms with Crippen molar-refractivity contribution in [3.8, 4) is 5.75 Å². The highest BCUT2D eigenvalue weighted by Gasteiger charge is 2.38. The first-order valence-electron chi connectivity index (χ1n) is 4.02. The van der Waals surface area contributed by atoms with Crippen molar-refractivity contribution in [2.75, 3.05) is 7.11 Å². The number of benzene rings is 1. The summed E-state index contributed by atoms with van der Waals surface area (Å²) in [6.07, 6.45) is -4.50. The second-order valence-electron chi connectivity index (χ2n) is 2.91. The van der Waals surface area contributed by atoms with Crippen molar-refractivity contribution >= 4 is 11.6 Å². The lowest BCUT2D eigenvalue weighted by Crippen LogP contribution is -2.28. The van der Waals surface area contributed by atoms with Crippen LogP contribution in [-0.4, -0.2) is 13.3 Å². The van der Waals surface area contributed by atoms with Crippen molar-refractivity contribution in [3.05, 3.63) is 28.8 Å². The average molecular weight is 240 g/mol. The van der Waals surface area contributed by atoms with E-state index in [1.165, 1.54) is 25.3 Å². The normalized spacial score (nSPS) is 13.7. The van der Waals surface area contributed by atoms with Gasteiger partial charge in [0, 0.05) is 5.02 Å². The number of hydrogen-bond donors (Lipinski definition) is 1. The highest BCUT2D eigenvalue weighted by atomic mass is 35.5. The van der Waals surface area contributed by atoms with Gasteiger partial charge in [-0.15, -0.1) is 0 Å². The topological polar surface area (TPSA) is 35.2 Å². The Morgan fingerprint density at radius 3 is 2.40 bits per heavy atom. The van der Waals surface area contributed by atoms with Gasteiger partial charge in [0.2, 0.25) is 0 Å². The lowest BCUT2D eigenvalue weighted by atomic mass is 10.1. The van der Waals surface area contributed by atoms with Gasteiger partial charge in [-0.2, -0.15) is 13.2 Å². The predicted octanol–water partition coefficient (Wildman–Crippen LogP) is 2.91. The Hall–Kier alpha value is -0.940. The third-order valence-electron chi connectivity index (χ3n) is 1.90. The minimum atomic E-state index is -4.50. The van der Waals surface area contributed by atoms with E-state index in [2.05, 4.69) is 0 Å². The van der Waals surface area contributed by atoms with Crippen LogP contribution in [0.4, 0.5) is 13.2 Å². The van der Waals surface area contributed by atoms with Crippen LogP contribution in [0.25, 0.3) is 0 Å². The van der Waals surface area contributed by atoms with E-state index in [4.69, 9.17) is 22.1 Å². The van der Waals surface area contributed by atoms with E-state index in [1.807, 2.05) is 0 Å². The predicted molar refractivity (Wildman–Crippen MR) is 51.0 cm³/mol. The van der Waals surface area contributed by atoms with Crippen LogP contribution in [0.3, 0.4) is 0 Å². The molecule has 1 aromatic rings. The zero-order valence-electron chi connectivity index (χ0n) is 7.81. The van der Waals surface area contributed by atoms with Crippen LogP contribution in [0.2, 0.25) is 5.02 Å². The van der Waals surface area contributed by atoms with Crippen molar-refractivity contribution in [2.24, 2.45) is 5.73 Å². The van der Waals surface area contributed by atoms with Crippen molar-refractivity contribution in [1.29, 1.82) is 0 Å². The monoisotopic (exact) mass is 239 g/mol. The third kappa shape index (κ3) is 2.76. The Morgan fingerprint density at radius 2 is 2.00 bits per heavy atom. The highest BCUT2D eigenvalue weighted by molar-refractivity contribution is 6.31. The molecule has 1 unspecified atom stereocenters.